The minimum Gasteiger partial charge on any atom is -0.462 e. The molecule has 0 aliphatic heterocycles. The van der Waals surface area contributed by atoms with Crippen LogP contribution >= 0.6 is 0 Å². The Hall–Kier alpha value is -4.45. The summed E-state index contributed by atoms with van der Waals surface area (Å²) in [7, 11) is 0. The van der Waals surface area contributed by atoms with Crippen molar-refractivity contribution in [3.05, 3.63) is 134 Å². The molecule has 0 aromatic rings. The fraction of sp³-hybridized carbons (Fsp3) is 0.615. The van der Waals surface area contributed by atoms with Gasteiger partial charge in [0.05, 0.1) is 0 Å². The van der Waals surface area contributed by atoms with Gasteiger partial charge in [0.2, 0.25) is 0 Å². The van der Waals surface area contributed by atoms with Crippen LogP contribution < -0.4 is 0 Å². The van der Waals surface area contributed by atoms with Crippen molar-refractivity contribution in [1.82, 2.24) is 0 Å². The molecule has 0 aromatic carbocycles. The smallest absolute Gasteiger partial charge is 0.306 e. The van der Waals surface area contributed by atoms with Crippen LogP contribution in [0.4, 0.5) is 0 Å². The Morgan fingerprint density at radius 1 is 0.296 bits per heavy atom. The molecule has 0 aliphatic rings. The van der Waals surface area contributed by atoms with Gasteiger partial charge in [-0.15, -0.1) is 0 Å². The molecule has 1 unspecified atom stereocenters. The maximum atomic E-state index is 12.7. The van der Waals surface area contributed by atoms with Gasteiger partial charge in [-0.25, -0.2) is 0 Å². The Morgan fingerprint density at radius 2 is 0.549 bits per heavy atom. The monoisotopic (exact) mass is 981 g/mol. The van der Waals surface area contributed by atoms with Gasteiger partial charge in [0.1, 0.15) is 13.2 Å². The average Bonchev–Trinajstić information content (AvgIpc) is 3.37. The first-order valence-corrected chi connectivity index (χ1v) is 28.7. The van der Waals surface area contributed by atoms with Crippen molar-refractivity contribution in [2.45, 2.75) is 245 Å². The van der Waals surface area contributed by atoms with Crippen molar-refractivity contribution < 1.29 is 28.6 Å². The molecule has 1 atom stereocenters. The van der Waals surface area contributed by atoms with E-state index < -0.39 is 6.10 Å². The number of rotatable bonds is 50. The Bertz CT molecular complexity index is 1550. The molecular weight excluding hydrogens is 877 g/mol. The van der Waals surface area contributed by atoms with E-state index in [1.165, 1.54) is 64.2 Å². The highest BCUT2D eigenvalue weighted by molar-refractivity contribution is 5.71. The number of esters is 3. The quantitative estimate of drug-likeness (QED) is 0.0262. The standard InChI is InChI=1S/C65H104O6/c1-4-7-10-13-16-18-20-22-24-25-26-27-28-29-30-31-32-33-34-35-36-37-38-39-40-41-42-44-45-47-49-52-55-58-64(67)70-61-62(60-69-63(66)57-54-51-15-12-9-6-3)71-65(68)59-56-53-50-48-46-43-23-21-19-17-14-11-8-5-2/h7,10,16,18,21-24,26-27,29-30,32-33,35-36,38-39,41-42,45,47,62H,4-6,8-9,11-15,17,19-20,25,28,31,34,37,40,43-44,46,48-61H2,1-3H3/b10-7-,18-16-,23-21-,24-22-,27-26-,30-29-,33-32-,36-35-,39-38-,42-41-,47-45-. The number of ether oxygens (including phenoxy) is 3. The fourth-order valence-corrected chi connectivity index (χ4v) is 7.35. The summed E-state index contributed by atoms with van der Waals surface area (Å²) < 4.78 is 16.7. The molecule has 400 valence electrons. The van der Waals surface area contributed by atoms with Gasteiger partial charge in [0.15, 0.2) is 6.10 Å². The highest BCUT2D eigenvalue weighted by atomic mass is 16.6. The molecule has 0 aromatic heterocycles. The maximum absolute atomic E-state index is 12.7. The lowest BCUT2D eigenvalue weighted by Crippen LogP contribution is -2.30. The van der Waals surface area contributed by atoms with Crippen molar-refractivity contribution in [3.8, 4) is 0 Å². The zero-order chi connectivity index (χ0) is 51.4. The van der Waals surface area contributed by atoms with E-state index in [1.807, 2.05) is 0 Å². The van der Waals surface area contributed by atoms with E-state index in [-0.39, 0.29) is 31.1 Å². The Morgan fingerprint density at radius 3 is 0.901 bits per heavy atom. The van der Waals surface area contributed by atoms with Gasteiger partial charge in [-0.05, 0) is 122 Å². The lowest BCUT2D eigenvalue weighted by atomic mass is 10.1. The molecule has 0 aliphatic carbocycles. The van der Waals surface area contributed by atoms with Crippen molar-refractivity contribution in [1.29, 1.82) is 0 Å². The molecule has 0 N–H and O–H groups in total. The predicted octanol–water partition coefficient (Wildman–Crippen LogP) is 19.4. The number of unbranched alkanes of at least 4 members (excludes halogenated alkanes) is 17. The van der Waals surface area contributed by atoms with Gasteiger partial charge in [0.25, 0.3) is 0 Å². The van der Waals surface area contributed by atoms with E-state index in [4.69, 9.17) is 14.2 Å². The van der Waals surface area contributed by atoms with Crippen molar-refractivity contribution in [3.63, 3.8) is 0 Å². The van der Waals surface area contributed by atoms with Gasteiger partial charge < -0.3 is 14.2 Å². The van der Waals surface area contributed by atoms with E-state index in [0.29, 0.717) is 25.7 Å². The molecule has 0 spiro atoms. The molecule has 0 saturated carbocycles. The third-order valence-electron chi connectivity index (χ3n) is 11.6. The van der Waals surface area contributed by atoms with Crippen molar-refractivity contribution in [2.75, 3.05) is 13.2 Å². The van der Waals surface area contributed by atoms with E-state index in [2.05, 4.69) is 154 Å². The minimum atomic E-state index is -0.800. The largest absolute Gasteiger partial charge is 0.462 e. The number of allylic oxidation sites excluding steroid dienone is 22. The first kappa shape index (κ1) is 66.6. The van der Waals surface area contributed by atoms with Crippen LogP contribution in [0.25, 0.3) is 0 Å². The van der Waals surface area contributed by atoms with Crippen LogP contribution in [0.3, 0.4) is 0 Å². The molecule has 6 heteroatoms. The second-order valence-electron chi connectivity index (χ2n) is 18.5. The second kappa shape index (κ2) is 58.1. The van der Waals surface area contributed by atoms with Gasteiger partial charge in [-0.3, -0.25) is 14.4 Å². The van der Waals surface area contributed by atoms with Crippen LogP contribution in [0.15, 0.2) is 134 Å². The van der Waals surface area contributed by atoms with Crippen LogP contribution in [0.5, 0.6) is 0 Å². The molecule has 71 heavy (non-hydrogen) atoms. The first-order chi connectivity index (χ1) is 35.0. The highest BCUT2D eigenvalue weighted by Crippen LogP contribution is 2.13. The first-order valence-electron chi connectivity index (χ1n) is 28.7. The highest BCUT2D eigenvalue weighted by Gasteiger charge is 2.19. The molecule has 6 nitrogen and oxygen atoms in total. The lowest BCUT2D eigenvalue weighted by molar-refractivity contribution is -0.167. The Balaban J connectivity index is 4.23. The van der Waals surface area contributed by atoms with E-state index in [1.54, 1.807) is 0 Å². The van der Waals surface area contributed by atoms with E-state index in [0.717, 1.165) is 128 Å². The lowest BCUT2D eigenvalue weighted by Gasteiger charge is -2.18. The summed E-state index contributed by atoms with van der Waals surface area (Å²) in [5, 5.41) is 0. The van der Waals surface area contributed by atoms with Crippen LogP contribution in [-0.2, 0) is 28.6 Å². The zero-order valence-electron chi connectivity index (χ0n) is 45.7. The topological polar surface area (TPSA) is 78.9 Å². The van der Waals surface area contributed by atoms with Crippen LogP contribution in [0.1, 0.15) is 239 Å². The summed E-state index contributed by atoms with van der Waals surface area (Å²) in [6, 6.07) is 0. The molecule has 0 rings (SSSR count). The average molecular weight is 982 g/mol. The minimum absolute atomic E-state index is 0.0981. The SMILES string of the molecule is CC/C=C\C/C=C\C/C=C\C/C=C\C/C=C\C/C=C\C/C=C\C/C=C\C/C=C\C/C=C\CCCCC(=O)OCC(COC(=O)CCCCCCCC)OC(=O)CCCCCCC/C=C\CCCCCCC. The van der Waals surface area contributed by atoms with Crippen molar-refractivity contribution in [2.24, 2.45) is 0 Å². The number of carbonyl (C=O) groups excluding carboxylic acids is 3. The Labute approximate surface area is 436 Å². The summed E-state index contributed by atoms with van der Waals surface area (Å²) in [4.78, 5) is 37.8. The molecule has 0 amide bonds. The third-order valence-corrected chi connectivity index (χ3v) is 11.6. The summed E-state index contributed by atoms with van der Waals surface area (Å²) in [5.41, 5.74) is 0. The van der Waals surface area contributed by atoms with Crippen LogP contribution in [-0.4, -0.2) is 37.2 Å². The molecular formula is C65H104O6. The summed E-state index contributed by atoms with van der Waals surface area (Å²) in [5.74, 6) is -0.969. The van der Waals surface area contributed by atoms with Gasteiger partial charge in [-0.2, -0.15) is 0 Å². The van der Waals surface area contributed by atoms with E-state index >= 15 is 0 Å². The predicted molar refractivity (Wildman–Crippen MR) is 306 cm³/mol. The molecule has 0 saturated heterocycles. The summed E-state index contributed by atoms with van der Waals surface area (Å²) in [6.45, 7) is 6.39. The second-order valence-corrected chi connectivity index (χ2v) is 18.5. The fourth-order valence-electron chi connectivity index (χ4n) is 7.35. The molecule has 0 heterocycles. The number of hydrogen-bond donors (Lipinski definition) is 0. The molecule has 0 fully saturated rings. The van der Waals surface area contributed by atoms with Crippen LogP contribution in [0, 0.1) is 0 Å². The summed E-state index contributed by atoms with van der Waals surface area (Å²) in [6.07, 6.45) is 82.0. The van der Waals surface area contributed by atoms with E-state index in [9.17, 15) is 14.4 Å². The van der Waals surface area contributed by atoms with Gasteiger partial charge >= 0.3 is 17.9 Å². The van der Waals surface area contributed by atoms with Gasteiger partial charge in [0, 0.05) is 19.3 Å². The number of carbonyl (C=O) groups is 3. The van der Waals surface area contributed by atoms with Crippen molar-refractivity contribution >= 4 is 17.9 Å². The normalized spacial score (nSPS) is 13.1. The summed E-state index contributed by atoms with van der Waals surface area (Å²) >= 11 is 0. The van der Waals surface area contributed by atoms with Gasteiger partial charge in [-0.1, -0.05) is 231 Å². The van der Waals surface area contributed by atoms with Crippen LogP contribution in [0.2, 0.25) is 0 Å². The Kier molecular flexibility index (Phi) is 54.5. The molecule has 0 bridgehead atoms. The zero-order valence-corrected chi connectivity index (χ0v) is 45.7. The molecule has 0 radical (unpaired) electrons. The third kappa shape index (κ3) is 56.3. The maximum Gasteiger partial charge on any atom is 0.306 e. The number of hydrogen-bond acceptors (Lipinski definition) is 6.